The van der Waals surface area contributed by atoms with Crippen molar-refractivity contribution in [2.45, 2.75) is 18.9 Å². The SMILES string of the molecule is CN1CCOc2ccc(N(C)C(=O)[C@@H]3CCCN3C(=O)O)nc21. The molecule has 8 heteroatoms. The molecule has 3 rings (SSSR count). The average molecular weight is 320 g/mol. The number of aromatic nitrogens is 1. The lowest BCUT2D eigenvalue weighted by molar-refractivity contribution is -0.122. The molecule has 0 saturated carbocycles. The minimum absolute atomic E-state index is 0.253. The number of likely N-dealkylation sites (N-methyl/N-ethyl adjacent to an activating group) is 2. The van der Waals surface area contributed by atoms with Gasteiger partial charge in [0.2, 0.25) is 0 Å². The van der Waals surface area contributed by atoms with E-state index in [1.807, 2.05) is 11.9 Å². The zero-order chi connectivity index (χ0) is 16.6. The summed E-state index contributed by atoms with van der Waals surface area (Å²) >= 11 is 0. The minimum Gasteiger partial charge on any atom is -0.488 e. The highest BCUT2D eigenvalue weighted by Crippen LogP contribution is 2.31. The molecule has 0 unspecified atom stereocenters. The van der Waals surface area contributed by atoms with Crippen molar-refractivity contribution in [3.05, 3.63) is 12.1 Å². The van der Waals surface area contributed by atoms with Crippen molar-refractivity contribution in [2.75, 3.05) is 43.6 Å². The van der Waals surface area contributed by atoms with Crippen LogP contribution in [0.2, 0.25) is 0 Å². The number of fused-ring (bicyclic) bond motifs is 1. The molecule has 2 aliphatic rings. The van der Waals surface area contributed by atoms with Gasteiger partial charge in [-0.2, -0.15) is 0 Å². The molecule has 0 spiro atoms. The van der Waals surface area contributed by atoms with E-state index in [0.29, 0.717) is 43.4 Å². The second kappa shape index (κ2) is 5.94. The first-order valence-electron chi connectivity index (χ1n) is 7.61. The molecular formula is C15H20N4O4. The van der Waals surface area contributed by atoms with Crippen LogP contribution < -0.4 is 14.5 Å². The van der Waals surface area contributed by atoms with Crippen molar-refractivity contribution >= 4 is 23.6 Å². The highest BCUT2D eigenvalue weighted by Gasteiger charge is 2.36. The van der Waals surface area contributed by atoms with Gasteiger partial charge in [0, 0.05) is 20.6 Å². The van der Waals surface area contributed by atoms with E-state index in [-0.39, 0.29) is 5.91 Å². The van der Waals surface area contributed by atoms with Crippen molar-refractivity contribution in [3.8, 4) is 5.75 Å². The van der Waals surface area contributed by atoms with E-state index in [2.05, 4.69) is 4.98 Å². The molecule has 23 heavy (non-hydrogen) atoms. The van der Waals surface area contributed by atoms with E-state index in [4.69, 9.17) is 4.74 Å². The molecule has 124 valence electrons. The van der Waals surface area contributed by atoms with Crippen LogP contribution in [0, 0.1) is 0 Å². The fourth-order valence-corrected chi connectivity index (χ4v) is 2.99. The Kier molecular flexibility index (Phi) is 3.97. The Balaban J connectivity index is 1.82. The number of anilines is 2. The number of carbonyl (C=O) groups excluding carboxylic acids is 1. The predicted molar refractivity (Wildman–Crippen MR) is 84.2 cm³/mol. The van der Waals surface area contributed by atoms with Crippen LogP contribution in [0.4, 0.5) is 16.4 Å². The Morgan fingerprint density at radius 1 is 1.39 bits per heavy atom. The van der Waals surface area contributed by atoms with Gasteiger partial charge in [-0.25, -0.2) is 9.78 Å². The van der Waals surface area contributed by atoms with Crippen LogP contribution in [-0.2, 0) is 4.79 Å². The molecule has 2 amide bonds. The quantitative estimate of drug-likeness (QED) is 0.875. The number of carbonyl (C=O) groups is 2. The molecule has 1 aromatic heterocycles. The maximum atomic E-state index is 12.6. The second-order valence-electron chi connectivity index (χ2n) is 5.79. The van der Waals surface area contributed by atoms with Crippen LogP contribution in [-0.4, -0.2) is 66.8 Å². The molecule has 2 aliphatic heterocycles. The van der Waals surface area contributed by atoms with E-state index < -0.39 is 12.1 Å². The van der Waals surface area contributed by atoms with Crippen LogP contribution in [0.5, 0.6) is 5.75 Å². The summed E-state index contributed by atoms with van der Waals surface area (Å²) in [5, 5.41) is 9.19. The topological polar surface area (TPSA) is 86.2 Å². The van der Waals surface area contributed by atoms with Gasteiger partial charge in [-0.1, -0.05) is 0 Å². The van der Waals surface area contributed by atoms with Crippen LogP contribution in [0.1, 0.15) is 12.8 Å². The van der Waals surface area contributed by atoms with Gasteiger partial charge in [-0.05, 0) is 25.0 Å². The van der Waals surface area contributed by atoms with Gasteiger partial charge >= 0.3 is 6.09 Å². The van der Waals surface area contributed by atoms with Crippen molar-refractivity contribution in [3.63, 3.8) is 0 Å². The number of hydrogen-bond acceptors (Lipinski definition) is 5. The fraction of sp³-hybridized carbons (Fsp3) is 0.533. The number of likely N-dealkylation sites (tertiary alicyclic amines) is 1. The number of hydrogen-bond donors (Lipinski definition) is 1. The van der Waals surface area contributed by atoms with Crippen molar-refractivity contribution in [1.82, 2.24) is 9.88 Å². The number of carboxylic acid groups (broad SMARTS) is 1. The number of amides is 2. The molecular weight excluding hydrogens is 300 g/mol. The van der Waals surface area contributed by atoms with Crippen LogP contribution in [0.15, 0.2) is 12.1 Å². The van der Waals surface area contributed by atoms with Gasteiger partial charge in [0.05, 0.1) is 6.54 Å². The van der Waals surface area contributed by atoms with Gasteiger partial charge in [-0.3, -0.25) is 14.6 Å². The highest BCUT2D eigenvalue weighted by atomic mass is 16.5. The Bertz CT molecular complexity index is 636. The summed E-state index contributed by atoms with van der Waals surface area (Å²) in [5.74, 6) is 1.62. The standard InChI is InChI=1S/C15H20N4O4/c1-17-8-9-23-11-5-6-12(16-13(11)17)18(2)14(20)10-4-3-7-19(10)15(21)22/h5-6,10H,3-4,7-9H2,1-2H3,(H,21,22)/t10-/m0/s1. The minimum atomic E-state index is -1.05. The van der Waals surface area contributed by atoms with Gasteiger partial charge in [0.25, 0.3) is 5.91 Å². The first-order valence-corrected chi connectivity index (χ1v) is 7.61. The largest absolute Gasteiger partial charge is 0.488 e. The molecule has 1 fully saturated rings. The summed E-state index contributed by atoms with van der Waals surface area (Å²) in [6.45, 7) is 1.74. The summed E-state index contributed by atoms with van der Waals surface area (Å²) in [7, 11) is 3.54. The Hall–Kier alpha value is -2.51. The molecule has 0 aromatic carbocycles. The smallest absolute Gasteiger partial charge is 0.407 e. The van der Waals surface area contributed by atoms with Gasteiger partial charge in [0.1, 0.15) is 18.5 Å². The van der Waals surface area contributed by atoms with E-state index in [0.717, 1.165) is 6.54 Å². The lowest BCUT2D eigenvalue weighted by Crippen LogP contribution is -2.46. The molecule has 1 atom stereocenters. The number of pyridine rings is 1. The van der Waals surface area contributed by atoms with Gasteiger partial charge < -0.3 is 14.7 Å². The molecule has 8 nitrogen and oxygen atoms in total. The number of ether oxygens (including phenoxy) is 1. The summed E-state index contributed by atoms with van der Waals surface area (Å²) in [6.07, 6.45) is 0.189. The van der Waals surface area contributed by atoms with E-state index in [1.165, 1.54) is 9.80 Å². The molecule has 0 aliphatic carbocycles. The molecule has 0 bridgehead atoms. The summed E-state index contributed by atoms with van der Waals surface area (Å²) < 4.78 is 5.54. The Morgan fingerprint density at radius 2 is 2.17 bits per heavy atom. The summed E-state index contributed by atoms with van der Waals surface area (Å²) in [6, 6.07) is 2.88. The van der Waals surface area contributed by atoms with Gasteiger partial charge in [-0.15, -0.1) is 0 Å². The summed E-state index contributed by atoms with van der Waals surface area (Å²) in [5.41, 5.74) is 0. The third kappa shape index (κ3) is 2.76. The van der Waals surface area contributed by atoms with Crippen molar-refractivity contribution in [1.29, 1.82) is 0 Å². The van der Waals surface area contributed by atoms with E-state index in [9.17, 15) is 14.7 Å². The van der Waals surface area contributed by atoms with Crippen molar-refractivity contribution < 1.29 is 19.4 Å². The molecule has 1 saturated heterocycles. The molecule has 0 radical (unpaired) electrons. The Labute approximate surface area is 134 Å². The maximum absolute atomic E-state index is 12.6. The Morgan fingerprint density at radius 3 is 2.91 bits per heavy atom. The van der Waals surface area contributed by atoms with Crippen LogP contribution in [0.25, 0.3) is 0 Å². The first-order chi connectivity index (χ1) is 11.0. The fourth-order valence-electron chi connectivity index (χ4n) is 2.99. The van der Waals surface area contributed by atoms with Crippen molar-refractivity contribution in [2.24, 2.45) is 0 Å². The lowest BCUT2D eigenvalue weighted by Gasteiger charge is -2.29. The van der Waals surface area contributed by atoms with E-state index in [1.54, 1.807) is 19.2 Å². The normalized spacial score (nSPS) is 20.0. The zero-order valence-electron chi connectivity index (χ0n) is 13.2. The monoisotopic (exact) mass is 320 g/mol. The number of rotatable bonds is 2. The maximum Gasteiger partial charge on any atom is 0.407 e. The van der Waals surface area contributed by atoms with E-state index >= 15 is 0 Å². The predicted octanol–water partition coefficient (Wildman–Crippen LogP) is 1.02. The molecule has 1 N–H and O–H groups in total. The van der Waals surface area contributed by atoms with Crippen LogP contribution >= 0.6 is 0 Å². The molecule has 3 heterocycles. The highest BCUT2D eigenvalue weighted by molar-refractivity contribution is 5.98. The van der Waals surface area contributed by atoms with Gasteiger partial charge in [0.15, 0.2) is 11.6 Å². The van der Waals surface area contributed by atoms with Crippen LogP contribution in [0.3, 0.4) is 0 Å². The zero-order valence-corrected chi connectivity index (χ0v) is 13.2. The molecule has 1 aromatic rings. The average Bonchev–Trinajstić information content (AvgIpc) is 3.03. The third-order valence-electron chi connectivity index (χ3n) is 4.33. The third-order valence-corrected chi connectivity index (χ3v) is 4.33. The lowest BCUT2D eigenvalue weighted by atomic mass is 10.2. The summed E-state index contributed by atoms with van der Waals surface area (Å²) in [4.78, 5) is 33.0. The second-order valence-corrected chi connectivity index (χ2v) is 5.79. The first kappa shape index (κ1) is 15.4. The number of nitrogens with zero attached hydrogens (tertiary/aromatic N) is 4.